The molecule has 0 amide bonds. The second-order valence-corrected chi connectivity index (χ2v) is 4.61. The minimum absolute atomic E-state index is 0.149. The van der Waals surface area contributed by atoms with E-state index >= 15 is 0 Å². The number of ether oxygens (including phenoxy) is 1. The van der Waals surface area contributed by atoms with Crippen molar-refractivity contribution in [2.75, 3.05) is 11.1 Å². The molecule has 0 saturated carbocycles. The molecule has 1 rings (SSSR count). The number of nitrogen functional groups attached to an aromatic ring is 1. The van der Waals surface area contributed by atoms with Gasteiger partial charge in [-0.2, -0.15) is 8.78 Å². The maximum atomic E-state index is 13.3. The third kappa shape index (κ3) is 3.72. The van der Waals surface area contributed by atoms with Crippen molar-refractivity contribution in [2.45, 2.75) is 39.3 Å². The molecule has 0 radical (unpaired) electrons. The van der Waals surface area contributed by atoms with Crippen molar-refractivity contribution in [2.24, 2.45) is 0 Å². The standard InChI is InChI=1S/C12H17F3N2O/c1-4-12(2,3)17-9-6-10(18-11(14)15)7(13)5-8(9)16/h5-6,11,17H,4,16H2,1-3H3. The van der Waals surface area contributed by atoms with Crippen molar-refractivity contribution in [3.05, 3.63) is 17.9 Å². The summed E-state index contributed by atoms with van der Waals surface area (Å²) in [5.41, 5.74) is 5.88. The van der Waals surface area contributed by atoms with E-state index in [4.69, 9.17) is 5.73 Å². The number of benzene rings is 1. The van der Waals surface area contributed by atoms with Crippen LogP contribution in [0.3, 0.4) is 0 Å². The summed E-state index contributed by atoms with van der Waals surface area (Å²) < 4.78 is 41.6. The van der Waals surface area contributed by atoms with Gasteiger partial charge >= 0.3 is 6.61 Å². The molecule has 0 heterocycles. The van der Waals surface area contributed by atoms with E-state index in [0.29, 0.717) is 5.69 Å². The molecule has 0 aliphatic carbocycles. The second kappa shape index (κ2) is 5.37. The Labute approximate surface area is 104 Å². The fourth-order valence-corrected chi connectivity index (χ4v) is 1.32. The maximum Gasteiger partial charge on any atom is 0.387 e. The minimum atomic E-state index is -3.07. The molecule has 6 heteroatoms. The van der Waals surface area contributed by atoms with Gasteiger partial charge in [0.1, 0.15) is 0 Å². The Morgan fingerprint density at radius 3 is 2.50 bits per heavy atom. The summed E-state index contributed by atoms with van der Waals surface area (Å²) in [6.45, 7) is 2.73. The van der Waals surface area contributed by atoms with Crippen LogP contribution in [0.2, 0.25) is 0 Å². The highest BCUT2D eigenvalue weighted by molar-refractivity contribution is 5.69. The van der Waals surface area contributed by atoms with Gasteiger partial charge in [0.05, 0.1) is 11.4 Å². The van der Waals surface area contributed by atoms with Crippen LogP contribution < -0.4 is 15.8 Å². The van der Waals surface area contributed by atoms with Gasteiger partial charge in [0.25, 0.3) is 0 Å². The molecule has 0 bridgehead atoms. The van der Waals surface area contributed by atoms with Crippen LogP contribution in [0.25, 0.3) is 0 Å². The predicted octanol–water partition coefficient (Wildman–Crippen LogP) is 3.61. The Hall–Kier alpha value is -1.59. The lowest BCUT2D eigenvalue weighted by Crippen LogP contribution is -2.30. The highest BCUT2D eigenvalue weighted by Crippen LogP contribution is 2.31. The highest BCUT2D eigenvalue weighted by atomic mass is 19.3. The van der Waals surface area contributed by atoms with Gasteiger partial charge in [-0.3, -0.25) is 0 Å². The van der Waals surface area contributed by atoms with Gasteiger partial charge in [0.15, 0.2) is 11.6 Å². The van der Waals surface area contributed by atoms with Crippen LogP contribution in [-0.4, -0.2) is 12.2 Å². The monoisotopic (exact) mass is 262 g/mol. The normalized spacial score (nSPS) is 11.7. The first-order chi connectivity index (χ1) is 8.25. The van der Waals surface area contributed by atoms with E-state index in [1.807, 2.05) is 20.8 Å². The average molecular weight is 262 g/mol. The first kappa shape index (κ1) is 14.5. The fourth-order valence-electron chi connectivity index (χ4n) is 1.32. The highest BCUT2D eigenvalue weighted by Gasteiger charge is 2.19. The van der Waals surface area contributed by atoms with E-state index < -0.39 is 18.2 Å². The van der Waals surface area contributed by atoms with Crippen molar-refractivity contribution < 1.29 is 17.9 Å². The summed E-state index contributed by atoms with van der Waals surface area (Å²) >= 11 is 0. The molecule has 0 atom stereocenters. The van der Waals surface area contributed by atoms with Crippen LogP contribution >= 0.6 is 0 Å². The van der Waals surface area contributed by atoms with E-state index in [2.05, 4.69) is 10.1 Å². The number of nitrogens with one attached hydrogen (secondary N) is 1. The number of hydrogen-bond acceptors (Lipinski definition) is 3. The first-order valence-electron chi connectivity index (χ1n) is 5.57. The number of hydrogen-bond donors (Lipinski definition) is 2. The first-order valence-corrected chi connectivity index (χ1v) is 5.57. The zero-order valence-electron chi connectivity index (χ0n) is 10.6. The van der Waals surface area contributed by atoms with Gasteiger partial charge in [-0.15, -0.1) is 0 Å². The molecule has 3 nitrogen and oxygen atoms in total. The molecule has 1 aromatic rings. The fraction of sp³-hybridized carbons (Fsp3) is 0.500. The molecule has 0 saturated heterocycles. The summed E-state index contributed by atoms with van der Waals surface area (Å²) in [7, 11) is 0. The molecule has 0 aromatic heterocycles. The second-order valence-electron chi connectivity index (χ2n) is 4.61. The lowest BCUT2D eigenvalue weighted by molar-refractivity contribution is -0.0521. The molecule has 0 unspecified atom stereocenters. The van der Waals surface area contributed by atoms with E-state index in [9.17, 15) is 13.2 Å². The summed E-state index contributed by atoms with van der Waals surface area (Å²) in [5.74, 6) is -1.43. The van der Waals surface area contributed by atoms with Gasteiger partial charge in [-0.1, -0.05) is 6.92 Å². The summed E-state index contributed by atoms with van der Waals surface area (Å²) in [5, 5.41) is 3.06. The lowest BCUT2D eigenvalue weighted by atomic mass is 10.0. The Morgan fingerprint density at radius 1 is 1.39 bits per heavy atom. The maximum absolute atomic E-state index is 13.3. The van der Waals surface area contributed by atoms with Crippen molar-refractivity contribution in [3.63, 3.8) is 0 Å². The van der Waals surface area contributed by atoms with Crippen molar-refractivity contribution in [1.29, 1.82) is 0 Å². The molecule has 0 aliphatic rings. The van der Waals surface area contributed by atoms with Gasteiger partial charge in [-0.25, -0.2) is 4.39 Å². The van der Waals surface area contributed by atoms with Crippen LogP contribution in [0.5, 0.6) is 5.75 Å². The third-order valence-electron chi connectivity index (χ3n) is 2.68. The van der Waals surface area contributed by atoms with Gasteiger partial charge in [-0.05, 0) is 20.3 Å². The Balaban J connectivity index is 3.05. The number of rotatable bonds is 5. The van der Waals surface area contributed by atoms with Crippen LogP contribution in [0, 0.1) is 5.82 Å². The van der Waals surface area contributed by atoms with Crippen LogP contribution in [0.4, 0.5) is 24.5 Å². The summed E-state index contributed by atoms with van der Waals surface area (Å²) in [6, 6.07) is 2.11. The Bertz CT molecular complexity index is 422. The third-order valence-corrected chi connectivity index (χ3v) is 2.68. The van der Waals surface area contributed by atoms with E-state index in [1.165, 1.54) is 0 Å². The molecule has 0 fully saturated rings. The molecule has 0 aliphatic heterocycles. The van der Waals surface area contributed by atoms with E-state index in [1.54, 1.807) is 0 Å². The molecule has 102 valence electrons. The molecule has 18 heavy (non-hydrogen) atoms. The SMILES string of the molecule is CCC(C)(C)Nc1cc(OC(F)F)c(F)cc1N. The van der Waals surface area contributed by atoms with E-state index in [-0.39, 0.29) is 11.2 Å². The van der Waals surface area contributed by atoms with Crippen LogP contribution in [-0.2, 0) is 0 Å². The quantitative estimate of drug-likeness (QED) is 0.797. The summed E-state index contributed by atoms with van der Waals surface area (Å²) in [4.78, 5) is 0. The van der Waals surface area contributed by atoms with Gasteiger partial charge in [0, 0.05) is 17.7 Å². The topological polar surface area (TPSA) is 47.3 Å². The van der Waals surface area contributed by atoms with Crippen molar-refractivity contribution in [3.8, 4) is 5.75 Å². The molecule has 0 spiro atoms. The van der Waals surface area contributed by atoms with Crippen molar-refractivity contribution >= 4 is 11.4 Å². The Morgan fingerprint density at radius 2 is 2.00 bits per heavy atom. The lowest BCUT2D eigenvalue weighted by Gasteiger charge is -2.27. The Kier molecular flexibility index (Phi) is 4.32. The molecular formula is C12H17F3N2O. The zero-order valence-corrected chi connectivity index (χ0v) is 10.6. The average Bonchev–Trinajstić information content (AvgIpc) is 2.24. The van der Waals surface area contributed by atoms with Crippen LogP contribution in [0.15, 0.2) is 12.1 Å². The van der Waals surface area contributed by atoms with Crippen molar-refractivity contribution in [1.82, 2.24) is 0 Å². The van der Waals surface area contributed by atoms with E-state index in [0.717, 1.165) is 18.6 Å². The van der Waals surface area contributed by atoms with Gasteiger partial charge in [0.2, 0.25) is 0 Å². The zero-order chi connectivity index (χ0) is 13.9. The van der Waals surface area contributed by atoms with Gasteiger partial charge < -0.3 is 15.8 Å². The molecule has 3 N–H and O–H groups in total. The largest absolute Gasteiger partial charge is 0.432 e. The smallest absolute Gasteiger partial charge is 0.387 e. The molecular weight excluding hydrogens is 245 g/mol. The number of halogens is 3. The molecule has 1 aromatic carbocycles. The number of alkyl halides is 2. The minimum Gasteiger partial charge on any atom is -0.432 e. The van der Waals surface area contributed by atoms with Crippen LogP contribution in [0.1, 0.15) is 27.2 Å². The number of anilines is 2. The predicted molar refractivity (Wildman–Crippen MR) is 65.4 cm³/mol. The number of nitrogens with two attached hydrogens (primary N) is 1. The summed E-state index contributed by atoms with van der Waals surface area (Å²) in [6.07, 6.45) is 0.787.